The largest absolute Gasteiger partial charge is 0.480 e. The van der Waals surface area contributed by atoms with Gasteiger partial charge in [-0.1, -0.05) is 51.3 Å². The molecule has 3 aliphatic rings. The summed E-state index contributed by atoms with van der Waals surface area (Å²) in [6.07, 6.45) is -1.89. The van der Waals surface area contributed by atoms with E-state index < -0.39 is 102 Å². The number of carboxylic acid groups (broad SMARTS) is 2. The number of allylic oxidation sites excluding steroid dienone is 2. The quantitative estimate of drug-likeness (QED) is 0.0783. The minimum atomic E-state index is -4.69. The second-order valence-electron chi connectivity index (χ2n) is 19.6. The van der Waals surface area contributed by atoms with Gasteiger partial charge in [0.25, 0.3) is 5.91 Å². The Morgan fingerprint density at radius 1 is 0.654 bits per heavy atom. The molecule has 2 aromatic carbocycles. The van der Waals surface area contributed by atoms with Crippen molar-refractivity contribution < 1.29 is 83.5 Å². The minimum Gasteiger partial charge on any atom is -0.480 e. The Morgan fingerprint density at radius 3 is 1.65 bits per heavy atom. The van der Waals surface area contributed by atoms with Gasteiger partial charge in [-0.2, -0.15) is 54.8 Å². The van der Waals surface area contributed by atoms with Crippen LogP contribution in [0, 0.1) is 17.5 Å². The molecule has 3 aliphatic carbocycles. The molecule has 26 heteroatoms. The van der Waals surface area contributed by atoms with Gasteiger partial charge in [-0.25, -0.2) is 13.2 Å². The first kappa shape index (κ1) is 62.4. The number of carbonyl (C=O) groups is 4. The van der Waals surface area contributed by atoms with Crippen LogP contribution in [0.25, 0.3) is 16.7 Å². The van der Waals surface area contributed by atoms with Crippen molar-refractivity contribution in [3.05, 3.63) is 147 Å². The summed E-state index contributed by atoms with van der Waals surface area (Å²) >= 11 is 0. The van der Waals surface area contributed by atoms with Crippen LogP contribution >= 0.6 is 0 Å². The van der Waals surface area contributed by atoms with Gasteiger partial charge in [0.2, 0.25) is 0 Å². The van der Waals surface area contributed by atoms with E-state index in [1.807, 2.05) is 6.08 Å². The van der Waals surface area contributed by atoms with Crippen LogP contribution in [-0.2, 0) is 59.0 Å². The third kappa shape index (κ3) is 16.4. The van der Waals surface area contributed by atoms with Crippen LogP contribution in [0.1, 0.15) is 159 Å². The number of nitrogens with two attached hydrogens (primary N) is 1. The summed E-state index contributed by atoms with van der Waals surface area (Å²) in [6, 6.07) is 12.8. The standard InChI is InChI=1S/C32H28F6N4O2.C11H13F3N2O2.C11H11F3N2O2.CH4.H2/c33-22-11-18(12-23(34)15-22)10-21(30-25(6-3-9-40-30)20-7-8-27(35)26(14-20)31(39)44)13-24(43)17-42-28(19-4-1-2-5-19)16-29(41-42)32(36,37)38;2*12-11(13,14)9-5-8(7-3-1-2-4-7)16(15-9)6-10(17)18;;/h3,6-9,11-12,14-16,19,21H,1-2,4-5,10,13,17H2,(H2,39,44);5,7H,1-4,6H2,(H,17,18);3,5H,1-2,4,6H2,(H,17,18);1H4;1H/t21-;;;;/m1..../s1. The Bertz CT molecular complexity index is 3230. The Hall–Kier alpha value is -7.80. The molecule has 1 amide bonds. The van der Waals surface area contributed by atoms with Gasteiger partial charge in [-0.3, -0.25) is 38.2 Å². The number of hydrogen-bond acceptors (Lipinski definition) is 8. The smallest absolute Gasteiger partial charge is 0.435 e. The second kappa shape index (κ2) is 26.2. The van der Waals surface area contributed by atoms with E-state index in [0.29, 0.717) is 53.5 Å². The van der Waals surface area contributed by atoms with E-state index in [1.165, 1.54) is 18.3 Å². The van der Waals surface area contributed by atoms with Crippen LogP contribution < -0.4 is 5.73 Å². The van der Waals surface area contributed by atoms with Crippen molar-refractivity contribution in [2.24, 2.45) is 5.73 Å². The lowest BCUT2D eigenvalue weighted by Crippen LogP contribution is -2.20. The molecule has 0 radical (unpaired) electrons. The number of alkyl halides is 9. The van der Waals surface area contributed by atoms with Crippen molar-refractivity contribution in [1.29, 1.82) is 0 Å². The summed E-state index contributed by atoms with van der Waals surface area (Å²) < 4.78 is 162. The van der Waals surface area contributed by atoms with Gasteiger partial charge in [0, 0.05) is 54.8 Å². The van der Waals surface area contributed by atoms with Crippen LogP contribution in [0.3, 0.4) is 0 Å². The lowest BCUT2D eigenvalue weighted by molar-refractivity contribution is -0.143. The highest BCUT2D eigenvalue weighted by Crippen LogP contribution is 2.40. The van der Waals surface area contributed by atoms with Crippen LogP contribution in [0.5, 0.6) is 0 Å². The van der Waals surface area contributed by atoms with E-state index in [-0.39, 0.29) is 50.4 Å². The molecule has 4 heterocycles. The number of amides is 1. The van der Waals surface area contributed by atoms with Crippen LogP contribution in [-0.4, -0.2) is 68.2 Å². The number of aromatic nitrogens is 7. The maximum Gasteiger partial charge on any atom is 0.435 e. The van der Waals surface area contributed by atoms with E-state index >= 15 is 0 Å². The van der Waals surface area contributed by atoms with Gasteiger partial charge >= 0.3 is 30.5 Å². The predicted molar refractivity (Wildman–Crippen MR) is 271 cm³/mol. The number of pyridine rings is 1. The number of halogens is 12. The first-order chi connectivity index (χ1) is 37.6. The highest BCUT2D eigenvalue weighted by atomic mass is 19.4. The summed E-state index contributed by atoms with van der Waals surface area (Å²) in [4.78, 5) is 51.1. The third-order valence-electron chi connectivity index (χ3n) is 13.7. The Kier molecular flexibility index (Phi) is 20.2. The first-order valence-corrected chi connectivity index (χ1v) is 25.2. The van der Waals surface area contributed by atoms with Crippen LogP contribution in [0.2, 0.25) is 0 Å². The van der Waals surface area contributed by atoms with Gasteiger partial charge in [0.05, 0.1) is 23.5 Å². The van der Waals surface area contributed by atoms with Crippen molar-refractivity contribution in [1.82, 2.24) is 34.3 Å². The van der Waals surface area contributed by atoms with E-state index in [1.54, 1.807) is 12.1 Å². The lowest BCUT2D eigenvalue weighted by Gasteiger charge is -2.20. The summed E-state index contributed by atoms with van der Waals surface area (Å²) in [5, 5.41) is 27.8. The minimum absolute atomic E-state index is 0. The third-order valence-corrected chi connectivity index (χ3v) is 13.7. The number of carboxylic acids is 2. The molecular formula is C55H58F12N8O6. The molecule has 0 spiro atoms. The monoisotopic (exact) mass is 1150 g/mol. The molecule has 4 aromatic heterocycles. The van der Waals surface area contributed by atoms with Gasteiger partial charge in [-0.15, -0.1) is 0 Å². The Morgan fingerprint density at radius 2 is 1.16 bits per heavy atom. The fourth-order valence-corrected chi connectivity index (χ4v) is 10.2. The number of nitrogens with zero attached hydrogens (tertiary/aromatic N) is 7. The molecule has 9 rings (SSSR count). The van der Waals surface area contributed by atoms with Gasteiger partial charge < -0.3 is 15.9 Å². The molecular weight excluding hydrogens is 1100 g/mol. The van der Waals surface area contributed by atoms with Gasteiger partial charge in [0.1, 0.15) is 30.5 Å². The highest BCUT2D eigenvalue weighted by molar-refractivity contribution is 5.94. The molecule has 1 atom stereocenters. The molecule has 0 bridgehead atoms. The second-order valence-corrected chi connectivity index (χ2v) is 19.6. The fraction of sp³-hybridized carbons (Fsp3) is 0.418. The number of rotatable bonds is 16. The summed E-state index contributed by atoms with van der Waals surface area (Å²) in [5.41, 5.74) is 4.84. The number of ketones is 1. The highest BCUT2D eigenvalue weighted by Gasteiger charge is 2.39. The molecule has 0 unspecified atom stereocenters. The van der Waals surface area contributed by atoms with E-state index in [4.69, 9.17) is 15.9 Å². The van der Waals surface area contributed by atoms with E-state index in [2.05, 4.69) is 20.3 Å². The molecule has 14 nitrogen and oxygen atoms in total. The van der Waals surface area contributed by atoms with Crippen LogP contribution in [0.4, 0.5) is 52.7 Å². The number of carbonyl (C=O) groups excluding carboxylic acids is 2. The van der Waals surface area contributed by atoms with Gasteiger partial charge in [-0.05, 0) is 117 Å². The van der Waals surface area contributed by atoms with E-state index in [9.17, 15) is 71.9 Å². The molecule has 81 heavy (non-hydrogen) atoms. The van der Waals surface area contributed by atoms with Crippen molar-refractivity contribution in [3.63, 3.8) is 0 Å². The molecule has 0 aliphatic heterocycles. The number of hydrogen-bond donors (Lipinski definition) is 3. The average molecular weight is 1160 g/mol. The molecule has 438 valence electrons. The zero-order valence-corrected chi connectivity index (χ0v) is 42.3. The average Bonchev–Trinajstić information content (AvgIpc) is 4.42. The SMILES string of the molecule is C.NC(=O)c1cc(-c2cccnc2[C@@H](CC(=O)Cn2nc(C(F)(F)F)cc2C2CCCC2)Cc2cc(F)cc(F)c2)ccc1F.O=C(O)Cn1nc(C(F)(F)F)cc1C1=CCCC1.O=C(O)Cn1nc(C(F)(F)F)cc1C1CCCC1.[HH]. The fourth-order valence-electron chi connectivity index (χ4n) is 10.2. The summed E-state index contributed by atoms with van der Waals surface area (Å²) in [6.45, 7) is -1.54. The van der Waals surface area contributed by atoms with Crippen molar-refractivity contribution in [2.45, 2.75) is 147 Å². The molecule has 6 aromatic rings. The van der Waals surface area contributed by atoms with Crippen molar-refractivity contribution in [3.8, 4) is 11.1 Å². The zero-order chi connectivity index (χ0) is 58.3. The maximum atomic E-state index is 14.2. The van der Waals surface area contributed by atoms with Crippen LogP contribution in [0.15, 0.2) is 79.0 Å². The molecule has 0 saturated heterocycles. The van der Waals surface area contributed by atoms with E-state index in [0.717, 1.165) is 107 Å². The Balaban J connectivity index is 0.000000266. The zero-order valence-electron chi connectivity index (χ0n) is 42.3. The van der Waals surface area contributed by atoms with Crippen molar-refractivity contribution >= 4 is 29.2 Å². The molecule has 2 saturated carbocycles. The Labute approximate surface area is 457 Å². The maximum absolute atomic E-state index is 14.2. The predicted octanol–water partition coefficient (Wildman–Crippen LogP) is 13.2. The molecule has 2 fully saturated rings. The number of primary amides is 1. The topological polar surface area (TPSA) is 201 Å². The number of aliphatic carboxylic acids is 2. The normalized spacial score (nSPS) is 15.3. The number of Topliss-reactive ketones (excluding diaryl/α,β-unsaturated/α-hetero) is 1. The van der Waals surface area contributed by atoms with Gasteiger partial charge in [0.15, 0.2) is 22.9 Å². The first-order valence-electron chi connectivity index (χ1n) is 25.2. The summed E-state index contributed by atoms with van der Waals surface area (Å²) in [7, 11) is 0. The lowest BCUT2D eigenvalue weighted by atomic mass is 9.86. The molecule has 4 N–H and O–H groups in total. The summed E-state index contributed by atoms with van der Waals surface area (Å²) in [5.74, 6) is -7.33. The van der Waals surface area contributed by atoms with Crippen molar-refractivity contribution in [2.75, 3.05) is 0 Å². The number of benzene rings is 2.